The molecule has 0 atom stereocenters. The summed E-state index contributed by atoms with van der Waals surface area (Å²) >= 11 is 5.94. The molecule has 0 saturated heterocycles. The molecule has 0 aliphatic carbocycles. The van der Waals surface area contributed by atoms with Gasteiger partial charge in [-0.05, 0) is 29.8 Å². The normalized spacial score (nSPS) is 10.5. The summed E-state index contributed by atoms with van der Waals surface area (Å²) in [5.41, 5.74) is 0.722. The number of ether oxygens (including phenoxy) is 2. The number of nitro benzene ring substituents is 1. The van der Waals surface area contributed by atoms with Crippen molar-refractivity contribution in [1.29, 1.82) is 0 Å². The van der Waals surface area contributed by atoms with Crippen LogP contribution in [0.25, 0.3) is 6.08 Å². The Kier molecular flexibility index (Phi) is 5.97. The van der Waals surface area contributed by atoms with Crippen LogP contribution in [-0.2, 0) is 4.79 Å². The van der Waals surface area contributed by atoms with E-state index >= 15 is 0 Å². The van der Waals surface area contributed by atoms with Crippen LogP contribution in [-0.4, -0.2) is 25.1 Å². The minimum absolute atomic E-state index is 0.163. The van der Waals surface area contributed by atoms with Crippen molar-refractivity contribution in [3.8, 4) is 11.5 Å². The Morgan fingerprint density at radius 3 is 2.52 bits per heavy atom. The zero-order valence-electron chi connectivity index (χ0n) is 13.5. The molecule has 0 aromatic heterocycles. The van der Waals surface area contributed by atoms with Crippen LogP contribution in [0.15, 0.2) is 42.5 Å². The van der Waals surface area contributed by atoms with Gasteiger partial charge >= 0.3 is 0 Å². The minimum Gasteiger partial charge on any atom is -0.493 e. The third-order valence-corrected chi connectivity index (χ3v) is 3.58. The van der Waals surface area contributed by atoms with E-state index in [1.807, 2.05) is 0 Å². The summed E-state index contributed by atoms with van der Waals surface area (Å²) < 4.78 is 10.3. The van der Waals surface area contributed by atoms with E-state index in [2.05, 4.69) is 5.32 Å². The zero-order chi connectivity index (χ0) is 18.4. The van der Waals surface area contributed by atoms with Gasteiger partial charge in [-0.2, -0.15) is 0 Å². The van der Waals surface area contributed by atoms with Gasteiger partial charge in [0.2, 0.25) is 5.91 Å². The second-order valence-electron chi connectivity index (χ2n) is 4.86. The van der Waals surface area contributed by atoms with E-state index in [0.717, 1.165) is 5.56 Å². The molecule has 0 fully saturated rings. The summed E-state index contributed by atoms with van der Waals surface area (Å²) in [5, 5.41) is 13.5. The van der Waals surface area contributed by atoms with Crippen LogP contribution in [0.5, 0.6) is 11.5 Å². The third-order valence-electron chi connectivity index (χ3n) is 3.25. The fraction of sp³-hybridized carbons (Fsp3) is 0.118. The predicted octanol–water partition coefficient (Wildman–Crippen LogP) is 3.92. The van der Waals surface area contributed by atoms with Gasteiger partial charge < -0.3 is 14.8 Å². The number of nitrogens with one attached hydrogen (secondary N) is 1. The van der Waals surface area contributed by atoms with Crippen LogP contribution in [0.4, 0.5) is 11.4 Å². The SMILES string of the molecule is COc1ccc(C=CC(=O)Nc2cc([N+](=O)[O-])ccc2Cl)cc1OC. The topological polar surface area (TPSA) is 90.7 Å². The molecule has 0 spiro atoms. The maximum absolute atomic E-state index is 12.0. The van der Waals surface area contributed by atoms with Gasteiger partial charge in [0.25, 0.3) is 5.69 Å². The Morgan fingerprint density at radius 1 is 1.16 bits per heavy atom. The van der Waals surface area contributed by atoms with Gasteiger partial charge in [-0.25, -0.2) is 0 Å². The fourth-order valence-electron chi connectivity index (χ4n) is 2.03. The van der Waals surface area contributed by atoms with E-state index in [1.165, 1.54) is 38.5 Å². The number of carbonyl (C=O) groups is 1. The molecule has 1 N–H and O–H groups in total. The highest BCUT2D eigenvalue weighted by atomic mass is 35.5. The molecule has 130 valence electrons. The van der Waals surface area contributed by atoms with Crippen molar-refractivity contribution >= 4 is 35.0 Å². The lowest BCUT2D eigenvalue weighted by atomic mass is 10.2. The number of hydrogen-bond donors (Lipinski definition) is 1. The van der Waals surface area contributed by atoms with Gasteiger partial charge in [0.1, 0.15) is 0 Å². The van der Waals surface area contributed by atoms with Crippen molar-refractivity contribution in [3.63, 3.8) is 0 Å². The first-order valence-electron chi connectivity index (χ1n) is 7.09. The number of anilines is 1. The minimum atomic E-state index is -0.564. The van der Waals surface area contributed by atoms with E-state index in [1.54, 1.807) is 24.3 Å². The number of methoxy groups -OCH3 is 2. The van der Waals surface area contributed by atoms with Crippen LogP contribution in [0, 0.1) is 10.1 Å². The number of benzene rings is 2. The second kappa shape index (κ2) is 8.16. The van der Waals surface area contributed by atoms with Gasteiger partial charge in [0.15, 0.2) is 11.5 Å². The lowest BCUT2D eigenvalue weighted by molar-refractivity contribution is -0.384. The molecule has 0 radical (unpaired) electrons. The Balaban J connectivity index is 2.14. The van der Waals surface area contributed by atoms with E-state index < -0.39 is 10.8 Å². The fourth-order valence-corrected chi connectivity index (χ4v) is 2.19. The predicted molar refractivity (Wildman–Crippen MR) is 95.3 cm³/mol. The largest absolute Gasteiger partial charge is 0.493 e. The molecule has 2 rings (SSSR count). The number of non-ortho nitro benzene ring substituents is 1. The van der Waals surface area contributed by atoms with Crippen molar-refractivity contribution in [2.24, 2.45) is 0 Å². The Hall–Kier alpha value is -3.06. The average molecular weight is 363 g/mol. The summed E-state index contributed by atoms with van der Waals surface area (Å²) in [6.07, 6.45) is 2.86. The van der Waals surface area contributed by atoms with Gasteiger partial charge in [0, 0.05) is 18.2 Å². The molecular weight excluding hydrogens is 348 g/mol. The lowest BCUT2D eigenvalue weighted by Crippen LogP contribution is -2.08. The van der Waals surface area contributed by atoms with Crippen LogP contribution in [0.2, 0.25) is 5.02 Å². The molecule has 2 aromatic carbocycles. The second-order valence-corrected chi connectivity index (χ2v) is 5.27. The number of hydrogen-bond acceptors (Lipinski definition) is 5. The molecule has 0 bridgehead atoms. The number of halogens is 1. The zero-order valence-corrected chi connectivity index (χ0v) is 14.2. The van der Waals surface area contributed by atoms with Crippen molar-refractivity contribution in [2.45, 2.75) is 0 Å². The third kappa shape index (κ3) is 4.71. The summed E-state index contributed by atoms with van der Waals surface area (Å²) in [7, 11) is 3.05. The molecule has 0 saturated carbocycles. The molecule has 0 heterocycles. The maximum Gasteiger partial charge on any atom is 0.271 e. The number of rotatable bonds is 6. The van der Waals surface area contributed by atoms with Gasteiger partial charge in [-0.3, -0.25) is 14.9 Å². The monoisotopic (exact) mass is 362 g/mol. The standard InChI is InChI=1S/C17H15ClN2O5/c1-24-15-7-3-11(9-16(15)25-2)4-8-17(21)19-14-10-12(20(22)23)5-6-13(14)18/h3-10H,1-2H3,(H,19,21). The van der Waals surface area contributed by atoms with Crippen molar-refractivity contribution in [2.75, 3.05) is 19.5 Å². The highest BCUT2D eigenvalue weighted by Gasteiger charge is 2.11. The molecule has 0 aliphatic rings. The van der Waals surface area contributed by atoms with Crippen molar-refractivity contribution < 1.29 is 19.2 Å². The summed E-state index contributed by atoms with van der Waals surface area (Å²) in [5.74, 6) is 0.636. The first kappa shape index (κ1) is 18.3. The highest BCUT2D eigenvalue weighted by molar-refractivity contribution is 6.34. The quantitative estimate of drug-likeness (QED) is 0.478. The van der Waals surface area contributed by atoms with Gasteiger partial charge in [-0.1, -0.05) is 17.7 Å². The first-order valence-corrected chi connectivity index (χ1v) is 7.47. The van der Waals surface area contributed by atoms with E-state index in [0.29, 0.717) is 11.5 Å². The maximum atomic E-state index is 12.0. The van der Waals surface area contributed by atoms with Gasteiger partial charge in [0.05, 0.1) is 29.9 Å². The van der Waals surface area contributed by atoms with Crippen LogP contribution in [0.3, 0.4) is 0 Å². The van der Waals surface area contributed by atoms with E-state index in [9.17, 15) is 14.9 Å². The van der Waals surface area contributed by atoms with Crippen LogP contribution in [0.1, 0.15) is 5.56 Å². The molecule has 0 aliphatic heterocycles. The van der Waals surface area contributed by atoms with E-state index in [4.69, 9.17) is 21.1 Å². The number of nitro groups is 1. The Bertz CT molecular complexity index is 836. The molecule has 8 heteroatoms. The molecule has 7 nitrogen and oxygen atoms in total. The Morgan fingerprint density at radius 2 is 1.88 bits per heavy atom. The summed E-state index contributed by atoms with van der Waals surface area (Å²) in [4.78, 5) is 22.2. The molecule has 25 heavy (non-hydrogen) atoms. The van der Waals surface area contributed by atoms with E-state index in [-0.39, 0.29) is 16.4 Å². The first-order chi connectivity index (χ1) is 11.9. The number of amides is 1. The number of carbonyl (C=O) groups excluding carboxylic acids is 1. The Labute approximate surface area is 149 Å². The van der Waals surface area contributed by atoms with Crippen molar-refractivity contribution in [1.82, 2.24) is 0 Å². The molecule has 2 aromatic rings. The summed E-state index contributed by atoms with van der Waals surface area (Å²) in [6.45, 7) is 0. The van der Waals surface area contributed by atoms with Crippen molar-refractivity contribution in [3.05, 3.63) is 63.2 Å². The van der Waals surface area contributed by atoms with Crippen LogP contribution < -0.4 is 14.8 Å². The van der Waals surface area contributed by atoms with Gasteiger partial charge in [-0.15, -0.1) is 0 Å². The highest BCUT2D eigenvalue weighted by Crippen LogP contribution is 2.28. The smallest absolute Gasteiger partial charge is 0.271 e. The average Bonchev–Trinajstić information content (AvgIpc) is 2.61. The summed E-state index contributed by atoms with van der Waals surface area (Å²) in [6, 6.07) is 9.00. The lowest BCUT2D eigenvalue weighted by Gasteiger charge is -2.07. The molecule has 0 unspecified atom stereocenters. The molecule has 1 amide bonds. The number of nitrogens with zero attached hydrogens (tertiary/aromatic N) is 1. The van der Waals surface area contributed by atoms with Crippen LogP contribution >= 0.6 is 11.6 Å². The molecular formula is C17H15ClN2O5.